The van der Waals surface area contributed by atoms with E-state index in [9.17, 15) is 18.0 Å². The fourth-order valence-corrected chi connectivity index (χ4v) is 5.22. The van der Waals surface area contributed by atoms with Crippen molar-refractivity contribution in [1.82, 2.24) is 4.57 Å². The summed E-state index contributed by atoms with van der Waals surface area (Å²) in [6.45, 7) is 2.81. The van der Waals surface area contributed by atoms with Gasteiger partial charge in [-0.05, 0) is 37.6 Å². The molecular formula is C24H26N2O7S. The topological polar surface area (TPSA) is 113 Å². The van der Waals surface area contributed by atoms with Crippen LogP contribution < -0.4 is 25.1 Å². The van der Waals surface area contributed by atoms with Crippen LogP contribution >= 0.6 is 0 Å². The zero-order valence-electron chi connectivity index (χ0n) is 19.5. The number of carbonyl (C=O) groups is 1. The van der Waals surface area contributed by atoms with Crippen LogP contribution in [0.3, 0.4) is 0 Å². The quantitative estimate of drug-likeness (QED) is 0.521. The molecule has 9 nitrogen and oxygen atoms in total. The average Bonchev–Trinajstić information content (AvgIpc) is 2.81. The molecule has 1 amide bonds. The molecule has 0 atom stereocenters. The van der Waals surface area contributed by atoms with Crippen LogP contribution in [0.15, 0.2) is 63.1 Å². The van der Waals surface area contributed by atoms with Crippen molar-refractivity contribution >= 4 is 21.4 Å². The van der Waals surface area contributed by atoms with Crippen molar-refractivity contribution in [2.45, 2.75) is 30.2 Å². The number of methoxy groups -OCH3 is 3. The van der Waals surface area contributed by atoms with Crippen molar-refractivity contribution < 1.29 is 27.4 Å². The molecule has 0 aliphatic rings. The van der Waals surface area contributed by atoms with Gasteiger partial charge in [-0.1, -0.05) is 18.2 Å². The molecule has 0 aliphatic carbocycles. The van der Waals surface area contributed by atoms with Gasteiger partial charge in [0.25, 0.3) is 5.56 Å². The predicted molar refractivity (Wildman–Crippen MR) is 127 cm³/mol. The number of pyridine rings is 1. The molecule has 0 spiro atoms. The Bertz CT molecular complexity index is 1360. The van der Waals surface area contributed by atoms with E-state index in [1.54, 1.807) is 50.2 Å². The largest absolute Gasteiger partial charge is 0.493 e. The van der Waals surface area contributed by atoms with E-state index in [1.807, 2.05) is 0 Å². The van der Waals surface area contributed by atoms with Gasteiger partial charge in [0, 0.05) is 23.5 Å². The highest BCUT2D eigenvalue weighted by Gasteiger charge is 2.26. The van der Waals surface area contributed by atoms with Crippen LogP contribution in [0, 0.1) is 13.8 Å². The number of carbonyl (C=O) groups excluding carboxylic acids is 1. The molecule has 1 heterocycles. The summed E-state index contributed by atoms with van der Waals surface area (Å²) >= 11 is 0. The molecule has 180 valence electrons. The first-order valence-electron chi connectivity index (χ1n) is 10.2. The van der Waals surface area contributed by atoms with Crippen molar-refractivity contribution in [3.8, 4) is 17.2 Å². The predicted octanol–water partition coefficient (Wildman–Crippen LogP) is 2.96. The zero-order chi connectivity index (χ0) is 25.0. The van der Waals surface area contributed by atoms with Gasteiger partial charge in [0.15, 0.2) is 11.5 Å². The average molecular weight is 487 g/mol. The highest BCUT2D eigenvalue weighted by Crippen LogP contribution is 2.39. The van der Waals surface area contributed by atoms with Crippen LogP contribution in [0.5, 0.6) is 17.2 Å². The SMILES string of the molecule is COc1cc(NC(=O)Cn2c(C)cc(C)c(S(=O)(=O)c3ccccc3)c2=O)cc(OC)c1OC. The van der Waals surface area contributed by atoms with Crippen LogP contribution in [-0.2, 0) is 21.2 Å². The van der Waals surface area contributed by atoms with Gasteiger partial charge in [0.05, 0.1) is 26.2 Å². The van der Waals surface area contributed by atoms with Gasteiger partial charge in [-0.25, -0.2) is 8.42 Å². The third kappa shape index (κ3) is 4.76. The molecule has 0 bridgehead atoms. The normalized spacial score (nSPS) is 11.1. The first-order valence-corrected chi connectivity index (χ1v) is 11.7. The van der Waals surface area contributed by atoms with Crippen LogP contribution in [0.1, 0.15) is 11.3 Å². The molecule has 10 heteroatoms. The maximum atomic E-state index is 13.3. The van der Waals surface area contributed by atoms with E-state index in [0.29, 0.717) is 34.2 Å². The lowest BCUT2D eigenvalue weighted by atomic mass is 10.2. The molecule has 0 aliphatic heterocycles. The number of benzene rings is 2. The van der Waals surface area contributed by atoms with Crippen molar-refractivity contribution in [1.29, 1.82) is 0 Å². The monoisotopic (exact) mass is 486 g/mol. The fraction of sp³-hybridized carbons (Fsp3) is 0.250. The maximum absolute atomic E-state index is 13.3. The van der Waals surface area contributed by atoms with Gasteiger partial charge in [-0.3, -0.25) is 9.59 Å². The minimum atomic E-state index is -4.07. The number of aromatic nitrogens is 1. The highest BCUT2D eigenvalue weighted by molar-refractivity contribution is 7.91. The number of anilines is 1. The second-order valence-electron chi connectivity index (χ2n) is 7.47. The van der Waals surface area contributed by atoms with E-state index >= 15 is 0 Å². The molecule has 0 fully saturated rings. The lowest BCUT2D eigenvalue weighted by Crippen LogP contribution is -2.33. The molecule has 2 aromatic carbocycles. The first-order chi connectivity index (χ1) is 16.1. The number of aryl methyl sites for hydroxylation is 2. The second kappa shape index (κ2) is 10.0. The standard InChI is InChI=1S/C24H26N2O7S/c1-15-11-16(2)26(24(28)23(15)34(29,30)18-9-7-6-8-10-18)14-21(27)25-17-12-19(31-3)22(33-5)20(13-17)32-4/h6-13H,14H2,1-5H3,(H,25,27). The van der Waals surface area contributed by atoms with Gasteiger partial charge in [0.2, 0.25) is 21.5 Å². The zero-order valence-corrected chi connectivity index (χ0v) is 20.4. The minimum absolute atomic E-state index is 0.00692. The summed E-state index contributed by atoms with van der Waals surface area (Å²) in [6, 6.07) is 12.4. The lowest BCUT2D eigenvalue weighted by Gasteiger charge is -2.16. The van der Waals surface area contributed by atoms with Crippen LogP contribution in [-0.4, -0.2) is 40.2 Å². The van der Waals surface area contributed by atoms with Crippen LogP contribution in [0.2, 0.25) is 0 Å². The molecule has 3 aromatic rings. The van der Waals surface area contributed by atoms with Crippen LogP contribution in [0.25, 0.3) is 0 Å². The highest BCUT2D eigenvalue weighted by atomic mass is 32.2. The third-order valence-corrected chi connectivity index (χ3v) is 7.15. The summed E-state index contributed by atoms with van der Waals surface area (Å²) in [6.07, 6.45) is 0. The van der Waals surface area contributed by atoms with Crippen molar-refractivity contribution in [3.05, 3.63) is 70.1 Å². The third-order valence-electron chi connectivity index (χ3n) is 5.22. The summed E-state index contributed by atoms with van der Waals surface area (Å²) in [5.74, 6) is 0.518. The smallest absolute Gasteiger partial charge is 0.270 e. The Labute approximate surface area is 197 Å². The number of sulfone groups is 1. The Morgan fingerprint density at radius 3 is 2.06 bits per heavy atom. The Morgan fingerprint density at radius 1 is 0.941 bits per heavy atom. The van der Waals surface area contributed by atoms with Gasteiger partial charge in [-0.2, -0.15) is 0 Å². The van der Waals surface area contributed by atoms with E-state index in [4.69, 9.17) is 14.2 Å². The van der Waals surface area contributed by atoms with Gasteiger partial charge < -0.3 is 24.1 Å². The Hall–Kier alpha value is -3.79. The number of amides is 1. The van der Waals surface area contributed by atoms with E-state index in [2.05, 4.69) is 5.32 Å². The molecule has 0 saturated heterocycles. The molecule has 1 aromatic heterocycles. The molecular weight excluding hydrogens is 460 g/mol. The number of hydrogen-bond acceptors (Lipinski definition) is 7. The molecule has 0 unspecified atom stereocenters. The summed E-state index contributed by atoms with van der Waals surface area (Å²) in [4.78, 5) is 25.7. The van der Waals surface area contributed by atoms with Crippen LogP contribution in [0.4, 0.5) is 5.69 Å². The number of nitrogens with one attached hydrogen (secondary N) is 1. The Morgan fingerprint density at radius 2 is 1.53 bits per heavy atom. The first kappa shape index (κ1) is 24.8. The molecule has 3 rings (SSSR count). The van der Waals surface area contributed by atoms with Gasteiger partial charge in [0.1, 0.15) is 11.4 Å². The van der Waals surface area contributed by atoms with E-state index in [-0.39, 0.29) is 16.3 Å². The Balaban J connectivity index is 1.98. The second-order valence-corrected chi connectivity index (χ2v) is 9.35. The molecule has 0 radical (unpaired) electrons. The van der Waals surface area contributed by atoms with Gasteiger partial charge >= 0.3 is 0 Å². The van der Waals surface area contributed by atoms with E-state index < -0.39 is 21.3 Å². The molecule has 34 heavy (non-hydrogen) atoms. The summed E-state index contributed by atoms with van der Waals surface area (Å²) in [7, 11) is 0.295. The lowest BCUT2D eigenvalue weighted by molar-refractivity contribution is -0.116. The van der Waals surface area contributed by atoms with E-state index in [1.165, 1.54) is 33.5 Å². The number of nitrogens with zero attached hydrogens (tertiary/aromatic N) is 1. The minimum Gasteiger partial charge on any atom is -0.493 e. The summed E-state index contributed by atoms with van der Waals surface area (Å²) < 4.78 is 43.3. The molecule has 0 saturated carbocycles. The number of hydrogen-bond donors (Lipinski definition) is 1. The maximum Gasteiger partial charge on any atom is 0.270 e. The summed E-state index contributed by atoms with van der Waals surface area (Å²) in [5.41, 5.74) is 0.359. The van der Waals surface area contributed by atoms with E-state index in [0.717, 1.165) is 4.57 Å². The Kier molecular flexibility index (Phi) is 7.31. The fourth-order valence-electron chi connectivity index (χ4n) is 3.65. The van der Waals surface area contributed by atoms with Crippen molar-refractivity contribution in [3.63, 3.8) is 0 Å². The number of ether oxygens (including phenoxy) is 3. The van der Waals surface area contributed by atoms with Crippen molar-refractivity contribution in [2.24, 2.45) is 0 Å². The van der Waals surface area contributed by atoms with Gasteiger partial charge in [-0.15, -0.1) is 0 Å². The molecule has 1 N–H and O–H groups in total. The van der Waals surface area contributed by atoms with Crippen molar-refractivity contribution in [2.75, 3.05) is 26.6 Å². The summed E-state index contributed by atoms with van der Waals surface area (Å²) in [5, 5.41) is 2.69. The number of rotatable bonds is 8.